The van der Waals surface area contributed by atoms with Crippen LogP contribution in [-0.2, 0) is 0 Å². The molecule has 4 rings (SSSR count). The van der Waals surface area contributed by atoms with E-state index in [0.717, 1.165) is 0 Å². The molecule has 0 amide bonds. The maximum absolute atomic E-state index is 13.0. The minimum Gasteiger partial charge on any atom is -0.384 e. The van der Waals surface area contributed by atoms with E-state index in [4.69, 9.17) is 11.5 Å². The third kappa shape index (κ3) is 1.15. The highest BCUT2D eigenvalue weighted by molar-refractivity contribution is 5.89. The molecule has 2 bridgehead atoms. The lowest BCUT2D eigenvalue weighted by Crippen LogP contribution is -2.72. The Hall–Kier alpha value is -1.86. The molecule has 5 N–H and O–H groups in total. The lowest BCUT2D eigenvalue weighted by atomic mass is 10.2. The standard InChI is InChI=1S/C9H11FN6/c10-5-2-1-3-6(4-5)13-15-7-8(11)14-16(15)9(7)12/h1-4,7,9,13H,12H2,(H2,11,14). The number of hydrogen-bond acceptors (Lipinski definition) is 6. The Morgan fingerprint density at radius 1 is 1.44 bits per heavy atom. The molecule has 0 aromatic heterocycles. The molecular weight excluding hydrogens is 211 g/mol. The summed E-state index contributed by atoms with van der Waals surface area (Å²) in [6, 6.07) is 6.00. The van der Waals surface area contributed by atoms with E-state index in [2.05, 4.69) is 10.5 Å². The molecule has 1 saturated heterocycles. The normalized spacial score (nSPS) is 27.6. The van der Waals surface area contributed by atoms with Gasteiger partial charge in [-0.2, -0.15) is 5.12 Å². The molecule has 3 heterocycles. The summed E-state index contributed by atoms with van der Waals surface area (Å²) in [6.45, 7) is 0. The largest absolute Gasteiger partial charge is 0.384 e. The molecular formula is C9H11FN6. The second kappa shape index (κ2) is 3.06. The quantitative estimate of drug-likeness (QED) is 0.635. The van der Waals surface area contributed by atoms with E-state index < -0.39 is 0 Å². The SMILES string of the molecule is NC1=NN2C(N)C1N2Nc1cccc(F)c1. The zero-order chi connectivity index (χ0) is 11.3. The van der Waals surface area contributed by atoms with Crippen molar-refractivity contribution < 1.29 is 4.39 Å². The van der Waals surface area contributed by atoms with E-state index in [1.807, 2.05) is 0 Å². The maximum atomic E-state index is 13.0. The molecule has 84 valence electrons. The van der Waals surface area contributed by atoms with Gasteiger partial charge in [-0.15, -0.1) is 10.2 Å². The molecule has 2 unspecified atom stereocenters. The summed E-state index contributed by atoms with van der Waals surface area (Å²) in [7, 11) is 0. The maximum Gasteiger partial charge on any atom is 0.147 e. The van der Waals surface area contributed by atoms with Crippen LogP contribution in [0.5, 0.6) is 0 Å². The molecule has 1 aromatic carbocycles. The van der Waals surface area contributed by atoms with E-state index in [1.165, 1.54) is 17.3 Å². The van der Waals surface area contributed by atoms with Crippen LogP contribution < -0.4 is 16.9 Å². The zero-order valence-electron chi connectivity index (χ0n) is 8.34. The van der Waals surface area contributed by atoms with Gasteiger partial charge in [0.05, 0.1) is 5.69 Å². The summed E-state index contributed by atoms with van der Waals surface area (Å²) in [5, 5.41) is 7.22. The minimum absolute atomic E-state index is 0.150. The van der Waals surface area contributed by atoms with E-state index in [9.17, 15) is 4.39 Å². The fourth-order valence-electron chi connectivity index (χ4n) is 1.88. The zero-order valence-corrected chi connectivity index (χ0v) is 8.34. The highest BCUT2D eigenvalue weighted by atomic mass is 19.1. The van der Waals surface area contributed by atoms with Crippen LogP contribution in [-0.4, -0.2) is 28.3 Å². The summed E-state index contributed by atoms with van der Waals surface area (Å²) >= 11 is 0. The van der Waals surface area contributed by atoms with Gasteiger partial charge in [0.2, 0.25) is 0 Å². The number of anilines is 1. The Morgan fingerprint density at radius 2 is 2.25 bits per heavy atom. The topological polar surface area (TPSA) is 82.9 Å². The van der Waals surface area contributed by atoms with Gasteiger partial charge in [0, 0.05) is 0 Å². The molecule has 6 nitrogen and oxygen atoms in total. The number of nitrogens with zero attached hydrogens (tertiary/aromatic N) is 3. The number of rotatable bonds is 2. The minimum atomic E-state index is -0.300. The molecule has 0 spiro atoms. The van der Waals surface area contributed by atoms with Gasteiger partial charge in [-0.1, -0.05) is 6.07 Å². The van der Waals surface area contributed by atoms with E-state index in [-0.39, 0.29) is 18.0 Å². The molecule has 16 heavy (non-hydrogen) atoms. The van der Waals surface area contributed by atoms with Crippen LogP contribution >= 0.6 is 0 Å². The highest BCUT2D eigenvalue weighted by Gasteiger charge is 2.53. The molecule has 1 aromatic rings. The van der Waals surface area contributed by atoms with E-state index in [0.29, 0.717) is 11.5 Å². The predicted octanol–water partition coefficient (Wildman–Crippen LogP) is -0.376. The number of benzene rings is 1. The number of nitrogens with two attached hydrogens (primary N) is 2. The molecule has 2 atom stereocenters. The molecule has 1 fully saturated rings. The molecule has 3 aliphatic heterocycles. The van der Waals surface area contributed by atoms with Crippen LogP contribution in [0.3, 0.4) is 0 Å². The first-order chi connectivity index (χ1) is 7.66. The van der Waals surface area contributed by atoms with Crippen molar-refractivity contribution in [2.45, 2.75) is 12.2 Å². The van der Waals surface area contributed by atoms with Crippen molar-refractivity contribution in [3.63, 3.8) is 0 Å². The van der Waals surface area contributed by atoms with Crippen molar-refractivity contribution in [1.82, 2.24) is 10.2 Å². The Kier molecular flexibility index (Phi) is 1.79. The van der Waals surface area contributed by atoms with Crippen molar-refractivity contribution in [3.8, 4) is 0 Å². The van der Waals surface area contributed by atoms with E-state index in [1.54, 1.807) is 17.3 Å². The van der Waals surface area contributed by atoms with Crippen LogP contribution in [0, 0.1) is 5.82 Å². The first-order valence-electron chi connectivity index (χ1n) is 4.87. The molecule has 3 aliphatic rings. The monoisotopic (exact) mass is 222 g/mol. The van der Waals surface area contributed by atoms with Gasteiger partial charge in [-0.3, -0.25) is 5.43 Å². The third-order valence-corrected chi connectivity index (χ3v) is 2.66. The fourth-order valence-corrected chi connectivity index (χ4v) is 1.88. The van der Waals surface area contributed by atoms with E-state index >= 15 is 0 Å². The van der Waals surface area contributed by atoms with Crippen molar-refractivity contribution in [3.05, 3.63) is 30.1 Å². The van der Waals surface area contributed by atoms with Crippen LogP contribution in [0.2, 0.25) is 0 Å². The van der Waals surface area contributed by atoms with Gasteiger partial charge < -0.3 is 11.5 Å². The smallest absolute Gasteiger partial charge is 0.147 e. The number of nitrogens with one attached hydrogen (secondary N) is 1. The Labute approximate surface area is 91.2 Å². The summed E-state index contributed by atoms with van der Waals surface area (Å²) in [6.07, 6.45) is -0.221. The number of amidine groups is 1. The Bertz CT molecular complexity index is 461. The third-order valence-electron chi connectivity index (χ3n) is 2.66. The number of hydrazine groups is 2. The molecule has 0 radical (unpaired) electrons. The average molecular weight is 222 g/mol. The number of hydrazone groups is 1. The molecule has 0 saturated carbocycles. The van der Waals surface area contributed by atoms with Gasteiger partial charge in [0.15, 0.2) is 0 Å². The van der Waals surface area contributed by atoms with Crippen LogP contribution in [0.15, 0.2) is 29.4 Å². The van der Waals surface area contributed by atoms with Crippen LogP contribution in [0.25, 0.3) is 0 Å². The van der Waals surface area contributed by atoms with Gasteiger partial charge in [-0.05, 0) is 18.2 Å². The second-order valence-corrected chi connectivity index (χ2v) is 3.75. The first kappa shape index (κ1) is 9.37. The average Bonchev–Trinajstić information content (AvgIpc) is 2.71. The van der Waals surface area contributed by atoms with Crippen molar-refractivity contribution in [2.24, 2.45) is 16.6 Å². The Morgan fingerprint density at radius 3 is 2.81 bits per heavy atom. The lowest BCUT2D eigenvalue weighted by molar-refractivity contribution is -0.143. The number of hydrogen-bond donors (Lipinski definition) is 3. The second-order valence-electron chi connectivity index (χ2n) is 3.75. The summed E-state index contributed by atoms with van der Waals surface area (Å²) in [5.74, 6) is 0.169. The fraction of sp³-hybridized carbons (Fsp3) is 0.222. The van der Waals surface area contributed by atoms with Crippen molar-refractivity contribution in [1.29, 1.82) is 0 Å². The van der Waals surface area contributed by atoms with Crippen molar-refractivity contribution in [2.75, 3.05) is 5.43 Å². The predicted molar refractivity (Wildman–Crippen MR) is 57.1 cm³/mol. The molecule has 7 heteroatoms. The lowest BCUT2D eigenvalue weighted by Gasteiger charge is -2.46. The highest BCUT2D eigenvalue weighted by Crippen LogP contribution is 2.30. The summed E-state index contributed by atoms with van der Waals surface area (Å²) in [5.41, 5.74) is 15.0. The molecule has 0 aliphatic carbocycles. The van der Waals surface area contributed by atoms with Crippen LogP contribution in [0.1, 0.15) is 0 Å². The summed E-state index contributed by atoms with van der Waals surface area (Å²) < 4.78 is 13.0. The van der Waals surface area contributed by atoms with Gasteiger partial charge in [0.1, 0.15) is 23.9 Å². The van der Waals surface area contributed by atoms with Crippen LogP contribution in [0.4, 0.5) is 10.1 Å². The van der Waals surface area contributed by atoms with Gasteiger partial charge in [0.25, 0.3) is 0 Å². The summed E-state index contributed by atoms with van der Waals surface area (Å²) in [4.78, 5) is 0. The Balaban J connectivity index is 1.75. The number of halogens is 1. The first-order valence-corrected chi connectivity index (χ1v) is 4.87. The van der Waals surface area contributed by atoms with Crippen molar-refractivity contribution >= 4 is 11.5 Å². The van der Waals surface area contributed by atoms with Gasteiger partial charge in [-0.25, -0.2) is 4.39 Å². The van der Waals surface area contributed by atoms with Gasteiger partial charge >= 0.3 is 0 Å².